The Labute approximate surface area is 129 Å². The lowest BCUT2D eigenvalue weighted by atomic mass is 9.72. The summed E-state index contributed by atoms with van der Waals surface area (Å²) in [5, 5.41) is 11.0. The normalized spacial score (nSPS) is 19.2. The predicted molar refractivity (Wildman–Crippen MR) is 87.5 cm³/mol. The number of ether oxygens (including phenoxy) is 1. The molecule has 0 heterocycles. The summed E-state index contributed by atoms with van der Waals surface area (Å²) in [6.45, 7) is 8.57. The van der Waals surface area contributed by atoms with Gasteiger partial charge in [0.1, 0.15) is 5.75 Å². The lowest BCUT2D eigenvalue weighted by molar-refractivity contribution is 0.0111. The summed E-state index contributed by atoms with van der Waals surface area (Å²) in [5.74, 6) is 1.51. The van der Waals surface area contributed by atoms with E-state index in [0.717, 1.165) is 30.6 Å². The molecule has 0 radical (unpaired) electrons. The number of hydrogen-bond acceptors (Lipinski definition) is 2. The Morgan fingerprint density at radius 3 is 2.10 bits per heavy atom. The van der Waals surface area contributed by atoms with Gasteiger partial charge >= 0.3 is 0 Å². The van der Waals surface area contributed by atoms with Crippen LogP contribution in [0.2, 0.25) is 0 Å². The average Bonchev–Trinajstić information content (AvgIpc) is 2.87. The first kappa shape index (κ1) is 16.4. The quantitative estimate of drug-likeness (QED) is 0.788. The van der Waals surface area contributed by atoms with Crippen molar-refractivity contribution in [2.45, 2.75) is 72.0 Å². The fourth-order valence-electron chi connectivity index (χ4n) is 3.84. The van der Waals surface area contributed by atoms with Gasteiger partial charge in [-0.25, -0.2) is 0 Å². The van der Waals surface area contributed by atoms with Crippen molar-refractivity contribution in [3.8, 4) is 5.75 Å². The Hall–Kier alpha value is -1.02. The Balaban J connectivity index is 2.15. The molecule has 1 fully saturated rings. The van der Waals surface area contributed by atoms with Crippen molar-refractivity contribution in [3.05, 3.63) is 29.8 Å². The molecule has 1 aromatic rings. The molecule has 1 N–H and O–H groups in total. The van der Waals surface area contributed by atoms with E-state index >= 15 is 0 Å². The number of aliphatic hydroxyl groups is 1. The van der Waals surface area contributed by atoms with Crippen molar-refractivity contribution in [1.82, 2.24) is 0 Å². The highest BCUT2D eigenvalue weighted by Crippen LogP contribution is 2.51. The Morgan fingerprint density at radius 2 is 1.62 bits per heavy atom. The number of rotatable bonds is 6. The molecule has 2 rings (SSSR count). The average molecular weight is 290 g/mol. The fraction of sp³-hybridized carbons (Fsp3) is 0.684. The van der Waals surface area contributed by atoms with Crippen LogP contribution in [0.1, 0.15) is 71.5 Å². The van der Waals surface area contributed by atoms with E-state index in [-0.39, 0.29) is 17.6 Å². The summed E-state index contributed by atoms with van der Waals surface area (Å²) in [4.78, 5) is 0. The van der Waals surface area contributed by atoms with Crippen LogP contribution in [0.15, 0.2) is 24.3 Å². The SMILES string of the molecule is CC(C)CC1(C(O)c2ccc(OC(C)C)cc2)CCCC1. The van der Waals surface area contributed by atoms with E-state index in [9.17, 15) is 5.11 Å². The maximum absolute atomic E-state index is 11.0. The van der Waals surface area contributed by atoms with Crippen LogP contribution in [0.3, 0.4) is 0 Å². The Morgan fingerprint density at radius 1 is 1.05 bits per heavy atom. The van der Waals surface area contributed by atoms with E-state index in [0.29, 0.717) is 5.92 Å². The predicted octanol–water partition coefficient (Wildman–Crippen LogP) is 5.11. The number of benzene rings is 1. The maximum Gasteiger partial charge on any atom is 0.119 e. The lowest BCUT2D eigenvalue weighted by Crippen LogP contribution is -2.27. The van der Waals surface area contributed by atoms with Gasteiger partial charge in [-0.1, -0.05) is 38.8 Å². The first-order valence-corrected chi connectivity index (χ1v) is 8.38. The van der Waals surface area contributed by atoms with Crippen LogP contribution in [0.25, 0.3) is 0 Å². The minimum absolute atomic E-state index is 0.0780. The van der Waals surface area contributed by atoms with E-state index in [1.54, 1.807) is 0 Å². The number of aliphatic hydroxyl groups excluding tert-OH is 1. The van der Waals surface area contributed by atoms with Gasteiger partial charge < -0.3 is 9.84 Å². The standard InChI is InChI=1S/C19H30O2/c1-14(2)13-19(11-5-6-12-19)18(20)16-7-9-17(10-8-16)21-15(3)4/h7-10,14-15,18,20H,5-6,11-13H2,1-4H3. The molecule has 1 unspecified atom stereocenters. The smallest absolute Gasteiger partial charge is 0.119 e. The van der Waals surface area contributed by atoms with Gasteiger partial charge in [0.25, 0.3) is 0 Å². The molecule has 0 bridgehead atoms. The third-order valence-electron chi connectivity index (χ3n) is 4.56. The topological polar surface area (TPSA) is 29.5 Å². The molecule has 1 aromatic carbocycles. The summed E-state index contributed by atoms with van der Waals surface area (Å²) in [7, 11) is 0. The van der Waals surface area contributed by atoms with Gasteiger partial charge in [-0.05, 0) is 56.7 Å². The molecule has 118 valence electrons. The van der Waals surface area contributed by atoms with Crippen molar-refractivity contribution in [2.24, 2.45) is 11.3 Å². The maximum atomic E-state index is 11.0. The zero-order valence-corrected chi connectivity index (χ0v) is 13.9. The minimum Gasteiger partial charge on any atom is -0.491 e. The molecule has 1 atom stereocenters. The molecule has 0 aliphatic heterocycles. The van der Waals surface area contributed by atoms with Crippen LogP contribution in [0, 0.1) is 11.3 Å². The molecule has 0 spiro atoms. The third-order valence-corrected chi connectivity index (χ3v) is 4.56. The van der Waals surface area contributed by atoms with Crippen molar-refractivity contribution >= 4 is 0 Å². The molecule has 1 aliphatic carbocycles. The monoisotopic (exact) mass is 290 g/mol. The fourth-order valence-corrected chi connectivity index (χ4v) is 3.84. The van der Waals surface area contributed by atoms with Crippen LogP contribution in [0.4, 0.5) is 0 Å². The van der Waals surface area contributed by atoms with Gasteiger partial charge in [-0.3, -0.25) is 0 Å². The van der Waals surface area contributed by atoms with Gasteiger partial charge in [-0.2, -0.15) is 0 Å². The lowest BCUT2D eigenvalue weighted by Gasteiger charge is -2.36. The minimum atomic E-state index is -0.351. The summed E-state index contributed by atoms with van der Waals surface area (Å²) >= 11 is 0. The highest BCUT2D eigenvalue weighted by atomic mass is 16.5. The van der Waals surface area contributed by atoms with Gasteiger partial charge in [0.05, 0.1) is 12.2 Å². The molecule has 1 aliphatic rings. The summed E-state index contributed by atoms with van der Waals surface area (Å²) < 4.78 is 5.68. The van der Waals surface area contributed by atoms with Crippen molar-refractivity contribution in [2.75, 3.05) is 0 Å². The van der Waals surface area contributed by atoms with Gasteiger partial charge in [0.15, 0.2) is 0 Å². The van der Waals surface area contributed by atoms with Crippen molar-refractivity contribution < 1.29 is 9.84 Å². The second-order valence-electron chi connectivity index (χ2n) is 7.31. The van der Waals surface area contributed by atoms with E-state index < -0.39 is 0 Å². The molecule has 0 aromatic heterocycles. The third kappa shape index (κ3) is 4.00. The second-order valence-corrected chi connectivity index (χ2v) is 7.31. The number of hydrogen-bond donors (Lipinski definition) is 1. The highest BCUT2D eigenvalue weighted by molar-refractivity contribution is 5.30. The van der Waals surface area contributed by atoms with Crippen LogP contribution in [-0.2, 0) is 0 Å². The van der Waals surface area contributed by atoms with Gasteiger partial charge in [-0.15, -0.1) is 0 Å². The zero-order chi connectivity index (χ0) is 15.5. The molecule has 0 saturated heterocycles. The Kier molecular flexibility index (Phi) is 5.32. The highest BCUT2D eigenvalue weighted by Gasteiger charge is 2.41. The second kappa shape index (κ2) is 6.83. The van der Waals surface area contributed by atoms with E-state index in [2.05, 4.69) is 13.8 Å². The Bertz CT molecular complexity index is 427. The van der Waals surface area contributed by atoms with Crippen LogP contribution < -0.4 is 4.74 Å². The molecule has 0 amide bonds. The molecule has 2 heteroatoms. The molecule has 2 nitrogen and oxygen atoms in total. The van der Waals surface area contributed by atoms with Crippen molar-refractivity contribution in [1.29, 1.82) is 0 Å². The van der Waals surface area contributed by atoms with Crippen LogP contribution in [-0.4, -0.2) is 11.2 Å². The van der Waals surface area contributed by atoms with Crippen LogP contribution >= 0.6 is 0 Å². The van der Waals surface area contributed by atoms with Crippen LogP contribution in [0.5, 0.6) is 5.75 Å². The zero-order valence-electron chi connectivity index (χ0n) is 13.9. The summed E-state index contributed by atoms with van der Waals surface area (Å²) in [6, 6.07) is 8.03. The van der Waals surface area contributed by atoms with Gasteiger partial charge in [0, 0.05) is 5.41 Å². The first-order chi connectivity index (χ1) is 9.93. The molecular formula is C19H30O2. The largest absolute Gasteiger partial charge is 0.491 e. The molecule has 1 saturated carbocycles. The van der Waals surface area contributed by atoms with E-state index in [1.807, 2.05) is 38.1 Å². The summed E-state index contributed by atoms with van der Waals surface area (Å²) in [5.41, 5.74) is 1.11. The van der Waals surface area contributed by atoms with E-state index in [4.69, 9.17) is 4.74 Å². The molecular weight excluding hydrogens is 260 g/mol. The van der Waals surface area contributed by atoms with Gasteiger partial charge in [0.2, 0.25) is 0 Å². The van der Waals surface area contributed by atoms with E-state index in [1.165, 1.54) is 12.8 Å². The molecule has 21 heavy (non-hydrogen) atoms. The first-order valence-electron chi connectivity index (χ1n) is 8.38. The van der Waals surface area contributed by atoms with Crippen molar-refractivity contribution in [3.63, 3.8) is 0 Å². The summed E-state index contributed by atoms with van der Waals surface area (Å²) in [6.07, 6.45) is 5.74.